The van der Waals surface area contributed by atoms with E-state index >= 15 is 0 Å². The van der Waals surface area contributed by atoms with Crippen molar-refractivity contribution in [2.75, 3.05) is 20.8 Å². The summed E-state index contributed by atoms with van der Waals surface area (Å²) in [5.41, 5.74) is 6.61. The molecule has 0 heterocycles. The highest BCUT2D eigenvalue weighted by atomic mass is 79.9. The molecule has 84 valence electrons. The van der Waals surface area contributed by atoms with Crippen LogP contribution in [0, 0.1) is 0 Å². The number of rotatable bonds is 5. The van der Waals surface area contributed by atoms with Crippen LogP contribution in [-0.4, -0.2) is 20.8 Å². The molecule has 1 aromatic carbocycles. The van der Waals surface area contributed by atoms with E-state index in [0.29, 0.717) is 6.54 Å². The molecule has 0 spiro atoms. The fourth-order valence-electron chi connectivity index (χ4n) is 1.44. The Labute approximate surface area is 98.7 Å². The number of ether oxygens (including phenoxy) is 2. The summed E-state index contributed by atoms with van der Waals surface area (Å²) in [5.74, 6) is 1.69. The third kappa shape index (κ3) is 2.86. The molecule has 4 heteroatoms. The van der Waals surface area contributed by atoms with Crippen LogP contribution >= 0.6 is 15.9 Å². The smallest absolute Gasteiger partial charge is 0.133 e. The van der Waals surface area contributed by atoms with Crippen LogP contribution in [0.2, 0.25) is 0 Å². The number of nitrogens with two attached hydrogens (primary N) is 1. The van der Waals surface area contributed by atoms with Crippen LogP contribution in [0.15, 0.2) is 16.6 Å². The fraction of sp³-hybridized carbons (Fsp3) is 0.455. The van der Waals surface area contributed by atoms with Crippen LogP contribution in [0.3, 0.4) is 0 Å². The number of methoxy groups -OCH3 is 2. The second-order valence-electron chi connectivity index (χ2n) is 3.15. The summed E-state index contributed by atoms with van der Waals surface area (Å²) in [6.07, 6.45) is 1.82. The first-order chi connectivity index (χ1) is 7.24. The first kappa shape index (κ1) is 12.3. The molecule has 3 nitrogen and oxygen atoms in total. The lowest BCUT2D eigenvalue weighted by Gasteiger charge is -2.13. The molecule has 0 aliphatic heterocycles. The van der Waals surface area contributed by atoms with Crippen molar-refractivity contribution >= 4 is 15.9 Å². The standard InChI is InChI=1S/C11H16BrNO2/c1-14-9-5-6-10(15-2)11(12)8(9)4-3-7-13/h5-6H,3-4,7,13H2,1-2H3. The Balaban J connectivity index is 3.05. The minimum absolute atomic E-state index is 0.673. The topological polar surface area (TPSA) is 44.5 Å². The van der Waals surface area contributed by atoms with Crippen molar-refractivity contribution in [1.29, 1.82) is 0 Å². The molecule has 0 saturated heterocycles. The van der Waals surface area contributed by atoms with Gasteiger partial charge in [0.2, 0.25) is 0 Å². The highest BCUT2D eigenvalue weighted by Crippen LogP contribution is 2.35. The third-order valence-electron chi connectivity index (χ3n) is 2.24. The number of hydrogen-bond acceptors (Lipinski definition) is 3. The highest BCUT2D eigenvalue weighted by molar-refractivity contribution is 9.10. The minimum atomic E-state index is 0.673. The maximum Gasteiger partial charge on any atom is 0.133 e. The zero-order valence-corrected chi connectivity index (χ0v) is 10.6. The van der Waals surface area contributed by atoms with Gasteiger partial charge in [0.05, 0.1) is 18.7 Å². The first-order valence-corrected chi connectivity index (χ1v) is 5.63. The van der Waals surface area contributed by atoms with Crippen molar-refractivity contribution in [2.45, 2.75) is 12.8 Å². The second kappa shape index (κ2) is 5.98. The van der Waals surface area contributed by atoms with Crippen molar-refractivity contribution in [1.82, 2.24) is 0 Å². The van der Waals surface area contributed by atoms with Crippen LogP contribution in [0.4, 0.5) is 0 Å². The van der Waals surface area contributed by atoms with Crippen molar-refractivity contribution in [3.05, 3.63) is 22.2 Å². The molecule has 0 atom stereocenters. The predicted molar refractivity (Wildman–Crippen MR) is 64.6 cm³/mol. The van der Waals surface area contributed by atoms with E-state index < -0.39 is 0 Å². The van der Waals surface area contributed by atoms with E-state index in [1.807, 2.05) is 12.1 Å². The lowest BCUT2D eigenvalue weighted by Crippen LogP contribution is -2.03. The van der Waals surface area contributed by atoms with Crippen LogP contribution in [0.1, 0.15) is 12.0 Å². The molecule has 0 aliphatic carbocycles. The molecule has 0 radical (unpaired) electrons. The van der Waals surface area contributed by atoms with E-state index in [9.17, 15) is 0 Å². The maximum absolute atomic E-state index is 5.50. The molecule has 1 aromatic rings. The molecule has 1 rings (SSSR count). The Kier molecular flexibility index (Phi) is 4.91. The summed E-state index contributed by atoms with van der Waals surface area (Å²) in [4.78, 5) is 0. The molecule has 0 aromatic heterocycles. The molecular weight excluding hydrogens is 258 g/mol. The van der Waals surface area contributed by atoms with E-state index in [1.165, 1.54) is 0 Å². The van der Waals surface area contributed by atoms with Crippen LogP contribution < -0.4 is 15.2 Å². The van der Waals surface area contributed by atoms with Gasteiger partial charge in [-0.3, -0.25) is 0 Å². The SMILES string of the molecule is COc1ccc(OC)c(CCCN)c1Br. The average Bonchev–Trinajstić information content (AvgIpc) is 2.27. The molecule has 0 saturated carbocycles. The summed E-state index contributed by atoms with van der Waals surface area (Å²) in [6, 6.07) is 3.80. The predicted octanol–water partition coefficient (Wildman–Crippen LogP) is 2.36. The van der Waals surface area contributed by atoms with Gasteiger partial charge in [-0.05, 0) is 47.4 Å². The second-order valence-corrected chi connectivity index (χ2v) is 3.95. The molecule has 2 N–H and O–H groups in total. The highest BCUT2D eigenvalue weighted by Gasteiger charge is 2.11. The molecule has 0 aliphatic rings. The molecule has 0 amide bonds. The zero-order valence-electron chi connectivity index (χ0n) is 9.05. The van der Waals surface area contributed by atoms with Gasteiger partial charge in [0.1, 0.15) is 11.5 Å². The molecule has 15 heavy (non-hydrogen) atoms. The van der Waals surface area contributed by atoms with Gasteiger partial charge >= 0.3 is 0 Å². The van der Waals surface area contributed by atoms with Crippen LogP contribution in [0.25, 0.3) is 0 Å². The first-order valence-electron chi connectivity index (χ1n) is 4.84. The largest absolute Gasteiger partial charge is 0.496 e. The monoisotopic (exact) mass is 273 g/mol. The molecule has 0 bridgehead atoms. The van der Waals surface area contributed by atoms with Gasteiger partial charge < -0.3 is 15.2 Å². The summed E-state index contributed by atoms with van der Waals surface area (Å²) >= 11 is 3.52. The Morgan fingerprint density at radius 3 is 2.33 bits per heavy atom. The summed E-state index contributed by atoms with van der Waals surface area (Å²) in [6.45, 7) is 0.673. The van der Waals surface area contributed by atoms with Gasteiger partial charge in [0.15, 0.2) is 0 Å². The Morgan fingerprint density at radius 1 is 1.20 bits per heavy atom. The third-order valence-corrected chi connectivity index (χ3v) is 3.10. The van der Waals surface area contributed by atoms with Crippen molar-refractivity contribution in [2.24, 2.45) is 5.73 Å². The number of hydrogen-bond donors (Lipinski definition) is 1. The van der Waals surface area contributed by atoms with Gasteiger partial charge in [0.25, 0.3) is 0 Å². The van der Waals surface area contributed by atoms with E-state index in [1.54, 1.807) is 14.2 Å². The van der Waals surface area contributed by atoms with Crippen molar-refractivity contribution in [3.8, 4) is 11.5 Å². The van der Waals surface area contributed by atoms with Crippen molar-refractivity contribution < 1.29 is 9.47 Å². The lowest BCUT2D eigenvalue weighted by atomic mass is 10.1. The summed E-state index contributed by atoms with van der Waals surface area (Å²) in [7, 11) is 3.32. The quantitative estimate of drug-likeness (QED) is 0.896. The molecule has 0 unspecified atom stereocenters. The van der Waals surface area contributed by atoms with Gasteiger partial charge in [-0.1, -0.05) is 0 Å². The van der Waals surface area contributed by atoms with Crippen LogP contribution in [0.5, 0.6) is 11.5 Å². The summed E-state index contributed by atoms with van der Waals surface area (Å²) < 4.78 is 11.5. The number of halogens is 1. The molecule has 0 fully saturated rings. The van der Waals surface area contributed by atoms with E-state index in [2.05, 4.69) is 15.9 Å². The van der Waals surface area contributed by atoms with Gasteiger partial charge in [0, 0.05) is 5.56 Å². The fourth-order valence-corrected chi connectivity index (χ4v) is 2.13. The maximum atomic E-state index is 5.50. The van der Waals surface area contributed by atoms with E-state index in [-0.39, 0.29) is 0 Å². The van der Waals surface area contributed by atoms with Crippen molar-refractivity contribution in [3.63, 3.8) is 0 Å². The Bertz CT molecular complexity index is 329. The normalized spacial score (nSPS) is 10.1. The summed E-state index contributed by atoms with van der Waals surface area (Å²) in [5, 5.41) is 0. The zero-order chi connectivity index (χ0) is 11.3. The number of benzene rings is 1. The van der Waals surface area contributed by atoms with Gasteiger partial charge in [-0.25, -0.2) is 0 Å². The Hall–Kier alpha value is -0.740. The van der Waals surface area contributed by atoms with Gasteiger partial charge in [-0.2, -0.15) is 0 Å². The average molecular weight is 274 g/mol. The van der Waals surface area contributed by atoms with Gasteiger partial charge in [-0.15, -0.1) is 0 Å². The Morgan fingerprint density at radius 2 is 1.80 bits per heavy atom. The minimum Gasteiger partial charge on any atom is -0.496 e. The molecular formula is C11H16BrNO2. The van der Waals surface area contributed by atoms with Crippen LogP contribution in [-0.2, 0) is 6.42 Å². The lowest BCUT2D eigenvalue weighted by molar-refractivity contribution is 0.396. The van der Waals surface area contributed by atoms with E-state index in [4.69, 9.17) is 15.2 Å². The van der Waals surface area contributed by atoms with E-state index in [0.717, 1.165) is 34.4 Å².